The summed E-state index contributed by atoms with van der Waals surface area (Å²) in [7, 11) is 0. The summed E-state index contributed by atoms with van der Waals surface area (Å²) in [6.07, 6.45) is 0. The number of rotatable bonds is 6. The molecule has 6 nitrogen and oxygen atoms in total. The van der Waals surface area contributed by atoms with E-state index in [0.29, 0.717) is 13.2 Å². The molecule has 1 aromatic heterocycles. The van der Waals surface area contributed by atoms with E-state index in [1.165, 1.54) is 4.90 Å². The van der Waals surface area contributed by atoms with Crippen molar-refractivity contribution >= 4 is 11.9 Å². The summed E-state index contributed by atoms with van der Waals surface area (Å²) in [6, 6.07) is 1.91. The number of nitrogens with zero attached hydrogens (tertiary/aromatic N) is 3. The molecule has 0 unspecified atom stereocenters. The molecule has 1 heterocycles. The predicted octanol–water partition coefficient (Wildman–Crippen LogP) is 0.912. The average molecular weight is 267 g/mol. The Balaban J connectivity index is 2.64. The minimum Gasteiger partial charge on any atom is -0.465 e. The SMILES string of the molecule is CCOC(=O)CN(CC)C(=O)Cn1nc(C)cc1C. The second-order valence-electron chi connectivity index (χ2n) is 4.30. The first-order valence-corrected chi connectivity index (χ1v) is 6.42. The van der Waals surface area contributed by atoms with E-state index in [4.69, 9.17) is 4.74 Å². The summed E-state index contributed by atoms with van der Waals surface area (Å²) in [5.41, 5.74) is 1.80. The number of hydrogen-bond acceptors (Lipinski definition) is 4. The van der Waals surface area contributed by atoms with Gasteiger partial charge >= 0.3 is 5.97 Å². The summed E-state index contributed by atoms with van der Waals surface area (Å²) in [5, 5.41) is 4.24. The Labute approximate surface area is 113 Å². The van der Waals surface area contributed by atoms with Crippen LogP contribution in [0.1, 0.15) is 25.2 Å². The Kier molecular flexibility index (Phi) is 5.54. The van der Waals surface area contributed by atoms with Gasteiger partial charge in [-0.25, -0.2) is 0 Å². The van der Waals surface area contributed by atoms with Crippen molar-refractivity contribution in [1.29, 1.82) is 0 Å². The number of amides is 1. The maximum Gasteiger partial charge on any atom is 0.325 e. The van der Waals surface area contributed by atoms with Gasteiger partial charge in [-0.15, -0.1) is 0 Å². The van der Waals surface area contributed by atoms with Crippen LogP contribution >= 0.6 is 0 Å². The molecule has 0 saturated carbocycles. The molecule has 0 atom stereocenters. The van der Waals surface area contributed by atoms with Crippen molar-refractivity contribution in [1.82, 2.24) is 14.7 Å². The van der Waals surface area contributed by atoms with E-state index in [1.807, 2.05) is 26.8 Å². The molecule has 1 rings (SSSR count). The zero-order valence-electron chi connectivity index (χ0n) is 12.0. The van der Waals surface area contributed by atoms with Crippen molar-refractivity contribution in [3.8, 4) is 0 Å². The quantitative estimate of drug-likeness (QED) is 0.719. The smallest absolute Gasteiger partial charge is 0.325 e. The third-order valence-electron chi connectivity index (χ3n) is 2.75. The normalized spacial score (nSPS) is 10.3. The molecular weight excluding hydrogens is 246 g/mol. The molecule has 106 valence electrons. The topological polar surface area (TPSA) is 64.4 Å². The maximum atomic E-state index is 12.1. The van der Waals surface area contributed by atoms with Gasteiger partial charge in [-0.1, -0.05) is 0 Å². The van der Waals surface area contributed by atoms with Gasteiger partial charge in [-0.05, 0) is 33.8 Å². The zero-order valence-corrected chi connectivity index (χ0v) is 12.0. The number of aromatic nitrogens is 2. The van der Waals surface area contributed by atoms with Gasteiger partial charge in [0.2, 0.25) is 5.91 Å². The Morgan fingerprint density at radius 1 is 1.37 bits per heavy atom. The number of likely N-dealkylation sites (N-methyl/N-ethyl adjacent to an activating group) is 1. The third-order valence-corrected chi connectivity index (χ3v) is 2.75. The molecule has 0 aliphatic heterocycles. The molecule has 0 fully saturated rings. The van der Waals surface area contributed by atoms with E-state index in [-0.39, 0.29) is 25.0 Å². The lowest BCUT2D eigenvalue weighted by atomic mass is 10.4. The summed E-state index contributed by atoms with van der Waals surface area (Å²) in [4.78, 5) is 25.0. The predicted molar refractivity (Wildman–Crippen MR) is 70.6 cm³/mol. The van der Waals surface area contributed by atoms with Gasteiger partial charge in [0.25, 0.3) is 0 Å². The van der Waals surface area contributed by atoms with Crippen LogP contribution in [0, 0.1) is 13.8 Å². The molecule has 0 spiro atoms. The van der Waals surface area contributed by atoms with Crippen LogP contribution in [0.15, 0.2) is 6.07 Å². The molecule has 0 saturated heterocycles. The Morgan fingerprint density at radius 3 is 2.53 bits per heavy atom. The van der Waals surface area contributed by atoms with Gasteiger partial charge in [0, 0.05) is 12.2 Å². The highest BCUT2D eigenvalue weighted by Crippen LogP contribution is 2.03. The van der Waals surface area contributed by atoms with Crippen LogP contribution in [0.3, 0.4) is 0 Å². The van der Waals surface area contributed by atoms with Crippen molar-refractivity contribution < 1.29 is 14.3 Å². The third kappa shape index (κ3) is 4.39. The molecule has 1 amide bonds. The number of aryl methyl sites for hydroxylation is 2. The molecule has 1 aromatic rings. The van der Waals surface area contributed by atoms with Crippen molar-refractivity contribution in [2.24, 2.45) is 0 Å². The molecule has 0 bridgehead atoms. The molecule has 19 heavy (non-hydrogen) atoms. The average Bonchev–Trinajstić information content (AvgIpc) is 2.65. The lowest BCUT2D eigenvalue weighted by Gasteiger charge is -2.20. The van der Waals surface area contributed by atoms with Gasteiger partial charge < -0.3 is 9.64 Å². The minimum absolute atomic E-state index is 0.0114. The number of ether oxygens (including phenoxy) is 1. The lowest BCUT2D eigenvalue weighted by molar-refractivity contribution is -0.149. The van der Waals surface area contributed by atoms with E-state index in [2.05, 4.69) is 5.10 Å². The largest absolute Gasteiger partial charge is 0.465 e. The minimum atomic E-state index is -0.383. The fourth-order valence-electron chi connectivity index (χ4n) is 1.80. The first-order chi connectivity index (χ1) is 8.97. The van der Waals surface area contributed by atoms with E-state index >= 15 is 0 Å². The highest BCUT2D eigenvalue weighted by atomic mass is 16.5. The molecule has 0 radical (unpaired) electrons. The zero-order chi connectivity index (χ0) is 14.4. The van der Waals surface area contributed by atoms with Gasteiger partial charge in [-0.2, -0.15) is 5.10 Å². The fraction of sp³-hybridized carbons (Fsp3) is 0.615. The van der Waals surface area contributed by atoms with E-state index in [9.17, 15) is 9.59 Å². The molecular formula is C13H21N3O3. The van der Waals surface area contributed by atoms with Crippen LogP contribution < -0.4 is 0 Å². The van der Waals surface area contributed by atoms with E-state index < -0.39 is 0 Å². The number of carbonyl (C=O) groups excluding carboxylic acids is 2. The summed E-state index contributed by atoms with van der Waals surface area (Å²) >= 11 is 0. The number of esters is 1. The summed E-state index contributed by atoms with van der Waals surface area (Å²) in [5.74, 6) is -0.521. The Hall–Kier alpha value is -1.85. The number of carbonyl (C=O) groups is 2. The monoisotopic (exact) mass is 267 g/mol. The van der Waals surface area contributed by atoms with Crippen LogP contribution in [0.5, 0.6) is 0 Å². The van der Waals surface area contributed by atoms with Gasteiger partial charge in [0.05, 0.1) is 12.3 Å². The van der Waals surface area contributed by atoms with Crippen molar-refractivity contribution in [2.45, 2.75) is 34.2 Å². The first-order valence-electron chi connectivity index (χ1n) is 6.42. The lowest BCUT2D eigenvalue weighted by Crippen LogP contribution is -2.38. The van der Waals surface area contributed by atoms with Crippen LogP contribution in [0.2, 0.25) is 0 Å². The highest BCUT2D eigenvalue weighted by Gasteiger charge is 2.17. The maximum absolute atomic E-state index is 12.1. The molecule has 0 aromatic carbocycles. The van der Waals surface area contributed by atoms with E-state index in [1.54, 1.807) is 11.6 Å². The Morgan fingerprint density at radius 2 is 2.05 bits per heavy atom. The molecule has 6 heteroatoms. The molecule has 0 aliphatic carbocycles. The van der Waals surface area contributed by atoms with E-state index in [0.717, 1.165) is 11.4 Å². The first kappa shape index (κ1) is 15.2. The summed E-state index contributed by atoms with van der Waals surface area (Å²) < 4.78 is 6.49. The van der Waals surface area contributed by atoms with Crippen LogP contribution in [0.25, 0.3) is 0 Å². The van der Waals surface area contributed by atoms with Gasteiger partial charge in [-0.3, -0.25) is 14.3 Å². The summed E-state index contributed by atoms with van der Waals surface area (Å²) in [6.45, 7) is 8.28. The van der Waals surface area contributed by atoms with Crippen LogP contribution in [-0.2, 0) is 20.9 Å². The standard InChI is InChI=1S/C13H21N3O3/c1-5-15(9-13(18)19-6-2)12(17)8-16-11(4)7-10(3)14-16/h7H,5-6,8-9H2,1-4H3. The second kappa shape index (κ2) is 6.92. The van der Waals surface area contributed by atoms with Crippen molar-refractivity contribution in [3.63, 3.8) is 0 Å². The second-order valence-corrected chi connectivity index (χ2v) is 4.30. The fourth-order valence-corrected chi connectivity index (χ4v) is 1.80. The van der Waals surface area contributed by atoms with Gasteiger partial charge in [0.1, 0.15) is 13.1 Å². The molecule has 0 aliphatic rings. The van der Waals surface area contributed by atoms with Crippen LogP contribution in [-0.4, -0.2) is 46.3 Å². The van der Waals surface area contributed by atoms with Crippen molar-refractivity contribution in [2.75, 3.05) is 19.7 Å². The number of hydrogen-bond donors (Lipinski definition) is 0. The van der Waals surface area contributed by atoms with Gasteiger partial charge in [0.15, 0.2) is 0 Å². The molecule has 0 N–H and O–H groups in total. The van der Waals surface area contributed by atoms with Crippen LogP contribution in [0.4, 0.5) is 0 Å². The highest BCUT2D eigenvalue weighted by molar-refractivity contribution is 5.81. The van der Waals surface area contributed by atoms with Crippen molar-refractivity contribution in [3.05, 3.63) is 17.5 Å². The Bertz CT molecular complexity index is 454.